The average molecular weight is 219 g/mol. The van der Waals surface area contributed by atoms with Crippen LogP contribution < -0.4 is 0 Å². The summed E-state index contributed by atoms with van der Waals surface area (Å²) in [6, 6.07) is 0. The van der Waals surface area contributed by atoms with Crippen molar-refractivity contribution in [3.05, 3.63) is 0 Å². The Hall–Kier alpha value is 0.230. The monoisotopic (exact) mass is 219 g/mol. The summed E-state index contributed by atoms with van der Waals surface area (Å²) in [7, 11) is 0. The fourth-order valence-corrected chi connectivity index (χ4v) is 2.31. The molecule has 0 spiro atoms. The number of rotatable bonds is 5. The molecule has 1 heterocycles. The van der Waals surface area contributed by atoms with E-state index in [1.165, 1.54) is 12.8 Å². The van der Waals surface area contributed by atoms with Crippen LogP contribution in [0.5, 0.6) is 0 Å². The van der Waals surface area contributed by atoms with Gasteiger partial charge in [0.05, 0.1) is 12.2 Å². The molecular formula is C10H21NO2S. The number of likely N-dealkylation sites (tertiary alicyclic amines) is 1. The summed E-state index contributed by atoms with van der Waals surface area (Å²) in [5.74, 6) is 1.47. The Labute approximate surface area is 91.5 Å². The van der Waals surface area contributed by atoms with Gasteiger partial charge in [0.15, 0.2) is 0 Å². The smallest absolute Gasteiger partial charge is 0.0938 e. The van der Waals surface area contributed by atoms with Gasteiger partial charge < -0.3 is 10.2 Å². The number of hydrogen-bond acceptors (Lipinski definition) is 4. The normalized spacial score (nSPS) is 30.9. The predicted octanol–water partition coefficient (Wildman–Crippen LogP) is 0.370. The molecule has 84 valence electrons. The Morgan fingerprint density at radius 3 is 2.36 bits per heavy atom. The minimum absolute atomic E-state index is 0.558. The van der Waals surface area contributed by atoms with Gasteiger partial charge in [0.1, 0.15) is 0 Å². The van der Waals surface area contributed by atoms with Crippen molar-refractivity contribution >= 4 is 12.6 Å². The summed E-state index contributed by atoms with van der Waals surface area (Å²) in [5, 5.41) is 18.7. The second-order valence-corrected chi connectivity index (χ2v) is 4.56. The standard InChI is InChI=1S/C10H21NO2S/c1-2-3-8(7-14)4-11-5-9(12)10(13)6-11/h8-10,12-14H,2-7H2,1H3. The van der Waals surface area contributed by atoms with Gasteiger partial charge in [-0.2, -0.15) is 12.6 Å². The summed E-state index contributed by atoms with van der Waals surface area (Å²) >= 11 is 4.32. The molecule has 0 amide bonds. The fourth-order valence-electron chi connectivity index (χ4n) is 2.01. The molecule has 0 aromatic carbocycles. The van der Waals surface area contributed by atoms with Gasteiger partial charge in [-0.1, -0.05) is 13.3 Å². The Balaban J connectivity index is 2.29. The van der Waals surface area contributed by atoms with Crippen molar-refractivity contribution in [2.45, 2.75) is 32.0 Å². The van der Waals surface area contributed by atoms with Crippen molar-refractivity contribution in [2.75, 3.05) is 25.4 Å². The highest BCUT2D eigenvalue weighted by Crippen LogP contribution is 2.15. The van der Waals surface area contributed by atoms with E-state index in [0.29, 0.717) is 19.0 Å². The molecule has 2 N–H and O–H groups in total. The first-order valence-electron chi connectivity index (χ1n) is 5.36. The van der Waals surface area contributed by atoms with Gasteiger partial charge >= 0.3 is 0 Å². The third kappa shape index (κ3) is 3.42. The van der Waals surface area contributed by atoms with E-state index in [4.69, 9.17) is 0 Å². The second-order valence-electron chi connectivity index (χ2n) is 4.19. The maximum atomic E-state index is 9.37. The minimum Gasteiger partial charge on any atom is -0.389 e. The molecule has 0 bridgehead atoms. The van der Waals surface area contributed by atoms with E-state index in [-0.39, 0.29) is 0 Å². The van der Waals surface area contributed by atoms with Crippen LogP contribution in [0.25, 0.3) is 0 Å². The van der Waals surface area contributed by atoms with Crippen molar-refractivity contribution in [2.24, 2.45) is 5.92 Å². The number of thiol groups is 1. The van der Waals surface area contributed by atoms with E-state index in [9.17, 15) is 10.2 Å². The molecule has 1 rings (SSSR count). The quantitative estimate of drug-likeness (QED) is 0.585. The largest absolute Gasteiger partial charge is 0.389 e. The second kappa shape index (κ2) is 5.95. The average Bonchev–Trinajstić information content (AvgIpc) is 2.45. The SMILES string of the molecule is CCCC(CS)CN1CC(O)C(O)C1. The van der Waals surface area contributed by atoms with Crippen molar-refractivity contribution in [1.82, 2.24) is 4.90 Å². The molecule has 3 unspecified atom stereocenters. The van der Waals surface area contributed by atoms with Gasteiger partial charge in [0.25, 0.3) is 0 Å². The lowest BCUT2D eigenvalue weighted by molar-refractivity contribution is 0.0572. The van der Waals surface area contributed by atoms with Crippen molar-refractivity contribution in [3.8, 4) is 0 Å². The molecule has 0 saturated carbocycles. The van der Waals surface area contributed by atoms with E-state index in [1.807, 2.05) is 0 Å². The van der Waals surface area contributed by atoms with Crippen LogP contribution in [-0.2, 0) is 0 Å². The van der Waals surface area contributed by atoms with Gasteiger partial charge in [-0.25, -0.2) is 0 Å². The Bertz CT molecular complexity index is 158. The van der Waals surface area contributed by atoms with Gasteiger partial charge in [-0.3, -0.25) is 4.90 Å². The summed E-state index contributed by atoms with van der Waals surface area (Å²) in [6.45, 7) is 4.33. The first-order chi connectivity index (χ1) is 6.67. The molecule has 1 aliphatic rings. The molecule has 0 radical (unpaired) electrons. The number of aliphatic hydroxyl groups excluding tert-OH is 2. The lowest BCUT2D eigenvalue weighted by atomic mass is 10.1. The lowest BCUT2D eigenvalue weighted by Crippen LogP contribution is -2.29. The molecule has 0 aromatic heterocycles. The summed E-state index contributed by atoms with van der Waals surface area (Å²) in [6.07, 6.45) is 1.23. The van der Waals surface area contributed by atoms with Crippen molar-refractivity contribution in [3.63, 3.8) is 0 Å². The predicted molar refractivity (Wildman–Crippen MR) is 60.7 cm³/mol. The molecule has 3 nitrogen and oxygen atoms in total. The van der Waals surface area contributed by atoms with E-state index >= 15 is 0 Å². The van der Waals surface area contributed by atoms with Crippen LogP contribution in [0.2, 0.25) is 0 Å². The van der Waals surface area contributed by atoms with Crippen LogP contribution in [-0.4, -0.2) is 52.7 Å². The molecule has 14 heavy (non-hydrogen) atoms. The third-order valence-electron chi connectivity index (χ3n) is 2.81. The summed E-state index contributed by atoms with van der Waals surface area (Å²) in [4.78, 5) is 2.13. The highest BCUT2D eigenvalue weighted by atomic mass is 32.1. The maximum Gasteiger partial charge on any atom is 0.0938 e. The zero-order valence-electron chi connectivity index (χ0n) is 8.76. The van der Waals surface area contributed by atoms with E-state index < -0.39 is 12.2 Å². The number of hydrogen-bond donors (Lipinski definition) is 3. The van der Waals surface area contributed by atoms with Gasteiger partial charge in [0.2, 0.25) is 0 Å². The first-order valence-corrected chi connectivity index (χ1v) is 6.00. The molecular weight excluding hydrogens is 198 g/mol. The van der Waals surface area contributed by atoms with Crippen LogP contribution in [0, 0.1) is 5.92 Å². The Kier molecular flexibility index (Phi) is 5.23. The van der Waals surface area contributed by atoms with Crippen LogP contribution in [0.3, 0.4) is 0 Å². The maximum absolute atomic E-state index is 9.37. The summed E-state index contributed by atoms with van der Waals surface area (Å²) < 4.78 is 0. The highest BCUT2D eigenvalue weighted by Gasteiger charge is 2.30. The van der Waals surface area contributed by atoms with Crippen molar-refractivity contribution in [1.29, 1.82) is 0 Å². The lowest BCUT2D eigenvalue weighted by Gasteiger charge is -2.21. The fraction of sp³-hybridized carbons (Fsp3) is 1.00. The Morgan fingerprint density at radius 1 is 1.36 bits per heavy atom. The Morgan fingerprint density at radius 2 is 1.93 bits per heavy atom. The topological polar surface area (TPSA) is 43.7 Å². The van der Waals surface area contributed by atoms with Crippen LogP contribution in [0.4, 0.5) is 0 Å². The van der Waals surface area contributed by atoms with Crippen molar-refractivity contribution < 1.29 is 10.2 Å². The van der Waals surface area contributed by atoms with Crippen LogP contribution >= 0.6 is 12.6 Å². The number of aliphatic hydroxyl groups is 2. The van der Waals surface area contributed by atoms with E-state index in [2.05, 4.69) is 24.5 Å². The molecule has 1 saturated heterocycles. The first kappa shape index (κ1) is 12.3. The van der Waals surface area contributed by atoms with Gasteiger partial charge in [-0.15, -0.1) is 0 Å². The highest BCUT2D eigenvalue weighted by molar-refractivity contribution is 7.80. The molecule has 0 aliphatic carbocycles. The van der Waals surface area contributed by atoms with Crippen LogP contribution in [0.1, 0.15) is 19.8 Å². The minimum atomic E-state index is -0.558. The number of nitrogens with zero attached hydrogens (tertiary/aromatic N) is 1. The summed E-state index contributed by atoms with van der Waals surface area (Å²) in [5.41, 5.74) is 0. The molecule has 0 aromatic rings. The molecule has 4 heteroatoms. The zero-order chi connectivity index (χ0) is 10.6. The van der Waals surface area contributed by atoms with Crippen LogP contribution in [0.15, 0.2) is 0 Å². The molecule has 1 fully saturated rings. The number of β-amino-alcohol motifs (C(OH)–C–C–N with tert-alkyl or cyclic N) is 2. The zero-order valence-corrected chi connectivity index (χ0v) is 9.66. The molecule has 3 atom stereocenters. The van der Waals surface area contributed by atoms with Gasteiger partial charge in [-0.05, 0) is 18.1 Å². The van der Waals surface area contributed by atoms with E-state index in [1.54, 1.807) is 0 Å². The van der Waals surface area contributed by atoms with E-state index in [0.717, 1.165) is 12.3 Å². The van der Waals surface area contributed by atoms with Gasteiger partial charge in [0, 0.05) is 19.6 Å². The third-order valence-corrected chi connectivity index (χ3v) is 3.32. The molecule has 1 aliphatic heterocycles.